The maximum absolute atomic E-state index is 6.78. The topological polar surface area (TPSA) is 14.2 Å². The second-order valence-electron chi connectivity index (χ2n) is 12.3. The molecule has 3 heteroatoms. The van der Waals surface area contributed by atoms with Gasteiger partial charge in [-0.05, 0) is 51.2 Å². The van der Waals surface area contributed by atoms with E-state index in [0.717, 1.165) is 11.5 Å². The fourth-order valence-electron chi connectivity index (χ4n) is 6.04. The Labute approximate surface area is 207 Å². The second-order valence-corrected chi connectivity index (χ2v) is 12.3. The molecule has 0 atom stereocenters. The van der Waals surface area contributed by atoms with Gasteiger partial charge < -0.3 is 9.21 Å². The SMILES string of the molecule is CC(C)(C)c1ccc2c(c1)Oc1cc(C(C)(C)C)cc3c1B2n1c2ccccc2c2cccc-3c21. The molecule has 172 valence electrons. The smallest absolute Gasteiger partial charge is 0.336 e. The van der Waals surface area contributed by atoms with Gasteiger partial charge in [-0.1, -0.05) is 96.1 Å². The van der Waals surface area contributed by atoms with Gasteiger partial charge in [-0.15, -0.1) is 0 Å². The lowest BCUT2D eigenvalue weighted by Crippen LogP contribution is -2.54. The first-order chi connectivity index (χ1) is 16.6. The average Bonchev–Trinajstić information content (AvgIpc) is 3.15. The van der Waals surface area contributed by atoms with Gasteiger partial charge in [-0.2, -0.15) is 0 Å². The van der Waals surface area contributed by atoms with Crippen LogP contribution in [0, 0.1) is 0 Å². The molecule has 0 saturated heterocycles. The summed E-state index contributed by atoms with van der Waals surface area (Å²) < 4.78 is 9.35. The maximum atomic E-state index is 6.78. The Kier molecular flexibility index (Phi) is 3.94. The Bertz CT molecular complexity index is 1690. The van der Waals surface area contributed by atoms with Gasteiger partial charge in [0.25, 0.3) is 0 Å². The van der Waals surface area contributed by atoms with Crippen molar-refractivity contribution in [3.8, 4) is 22.6 Å². The molecular formula is C32H30BNO. The highest BCUT2D eigenvalue weighted by Crippen LogP contribution is 2.44. The van der Waals surface area contributed by atoms with Crippen molar-refractivity contribution >= 4 is 39.6 Å². The van der Waals surface area contributed by atoms with Crippen molar-refractivity contribution in [2.24, 2.45) is 0 Å². The normalized spacial score (nSPS) is 14.2. The van der Waals surface area contributed by atoms with Crippen LogP contribution < -0.4 is 15.7 Å². The summed E-state index contributed by atoms with van der Waals surface area (Å²) in [5.74, 6) is 1.98. The van der Waals surface area contributed by atoms with Gasteiger partial charge in [0, 0.05) is 32.8 Å². The molecule has 0 radical (unpaired) electrons. The number of aromatic nitrogens is 1. The largest absolute Gasteiger partial charge is 0.458 e. The molecule has 0 saturated carbocycles. The number of hydrogen-bond acceptors (Lipinski definition) is 1. The Morgan fingerprint density at radius 1 is 0.657 bits per heavy atom. The lowest BCUT2D eigenvalue weighted by molar-refractivity contribution is 0.479. The molecule has 1 aromatic heterocycles. The van der Waals surface area contributed by atoms with E-state index in [4.69, 9.17) is 4.74 Å². The Balaban J connectivity index is 1.65. The van der Waals surface area contributed by atoms with Crippen LogP contribution in [0.25, 0.3) is 32.9 Å². The van der Waals surface area contributed by atoms with Crippen LogP contribution in [0.4, 0.5) is 0 Å². The van der Waals surface area contributed by atoms with Crippen molar-refractivity contribution in [2.75, 3.05) is 0 Å². The zero-order chi connectivity index (χ0) is 24.3. The van der Waals surface area contributed by atoms with Gasteiger partial charge in [0.15, 0.2) is 0 Å². The van der Waals surface area contributed by atoms with Crippen LogP contribution >= 0.6 is 0 Å². The van der Waals surface area contributed by atoms with E-state index in [1.807, 2.05) is 0 Å². The molecule has 2 nitrogen and oxygen atoms in total. The van der Waals surface area contributed by atoms with Gasteiger partial charge in [0.05, 0.1) is 0 Å². The lowest BCUT2D eigenvalue weighted by Gasteiger charge is -2.36. The van der Waals surface area contributed by atoms with Crippen molar-refractivity contribution in [1.82, 2.24) is 4.48 Å². The van der Waals surface area contributed by atoms with Gasteiger partial charge in [-0.25, -0.2) is 0 Å². The molecule has 35 heavy (non-hydrogen) atoms. The summed E-state index contributed by atoms with van der Waals surface area (Å²) in [6.07, 6.45) is 0. The number of para-hydroxylation sites is 2. The molecule has 0 aliphatic carbocycles. The van der Waals surface area contributed by atoms with Crippen LogP contribution in [0.15, 0.2) is 72.8 Å². The van der Waals surface area contributed by atoms with E-state index >= 15 is 0 Å². The maximum Gasteiger partial charge on any atom is 0.336 e. The molecule has 7 rings (SSSR count). The highest BCUT2D eigenvalue weighted by Gasteiger charge is 2.42. The number of rotatable bonds is 0. The monoisotopic (exact) mass is 455 g/mol. The van der Waals surface area contributed by atoms with E-state index < -0.39 is 0 Å². The fourth-order valence-corrected chi connectivity index (χ4v) is 6.04. The van der Waals surface area contributed by atoms with Gasteiger partial charge >= 0.3 is 6.85 Å². The molecule has 2 aliphatic heterocycles. The minimum atomic E-state index is 0.0238. The van der Waals surface area contributed by atoms with Crippen molar-refractivity contribution in [2.45, 2.75) is 52.4 Å². The first kappa shape index (κ1) is 20.9. The van der Waals surface area contributed by atoms with E-state index in [-0.39, 0.29) is 17.7 Å². The first-order valence-corrected chi connectivity index (χ1v) is 12.7. The summed E-state index contributed by atoms with van der Waals surface area (Å²) in [7, 11) is 0. The molecule has 0 fully saturated rings. The minimum absolute atomic E-state index is 0.0238. The Hall–Kier alpha value is -3.46. The average molecular weight is 455 g/mol. The molecule has 4 aromatic carbocycles. The molecule has 5 aromatic rings. The standard InChI is InChI=1S/C32H30BNO/c1-31(2,3)19-14-15-25-27(17-19)35-28-18-20(32(4,5)6)16-24-23-12-9-11-22-21-10-7-8-13-26(21)34(30(22)23)33(25)29(24)28/h7-18H,1-6H3. The predicted octanol–water partition coefficient (Wildman–Crippen LogP) is 7.13. The number of ether oxygens (including phenoxy) is 1. The third-order valence-corrected chi connectivity index (χ3v) is 7.95. The molecule has 2 aliphatic rings. The van der Waals surface area contributed by atoms with Crippen LogP contribution in [-0.4, -0.2) is 11.3 Å². The highest BCUT2D eigenvalue weighted by molar-refractivity contribution is 6.88. The summed E-state index contributed by atoms with van der Waals surface area (Å²) >= 11 is 0. The number of nitrogens with zero attached hydrogens (tertiary/aromatic N) is 1. The predicted molar refractivity (Wildman–Crippen MR) is 149 cm³/mol. The Morgan fingerprint density at radius 2 is 1.37 bits per heavy atom. The van der Waals surface area contributed by atoms with Crippen LogP contribution in [0.3, 0.4) is 0 Å². The quantitative estimate of drug-likeness (QED) is 0.222. The number of fused-ring (bicyclic) bond motifs is 7. The van der Waals surface area contributed by atoms with Crippen molar-refractivity contribution in [3.63, 3.8) is 0 Å². The van der Waals surface area contributed by atoms with Gasteiger partial charge in [0.2, 0.25) is 0 Å². The van der Waals surface area contributed by atoms with Gasteiger partial charge in [0.1, 0.15) is 11.5 Å². The molecule has 0 amide bonds. The van der Waals surface area contributed by atoms with Gasteiger partial charge in [-0.3, -0.25) is 0 Å². The van der Waals surface area contributed by atoms with Crippen LogP contribution in [-0.2, 0) is 10.8 Å². The third kappa shape index (κ3) is 2.78. The zero-order valence-electron chi connectivity index (χ0n) is 21.4. The van der Waals surface area contributed by atoms with E-state index in [1.54, 1.807) is 0 Å². The van der Waals surface area contributed by atoms with Crippen molar-refractivity contribution in [1.29, 1.82) is 0 Å². The second kappa shape index (κ2) is 6.60. The van der Waals surface area contributed by atoms with E-state index in [0.29, 0.717) is 0 Å². The fraction of sp³-hybridized carbons (Fsp3) is 0.250. The van der Waals surface area contributed by atoms with Crippen LogP contribution in [0.5, 0.6) is 11.5 Å². The molecule has 0 N–H and O–H groups in total. The van der Waals surface area contributed by atoms with Crippen LogP contribution in [0.2, 0.25) is 0 Å². The molecule has 0 unspecified atom stereocenters. The summed E-state index contributed by atoms with van der Waals surface area (Å²) in [5, 5.41) is 2.64. The first-order valence-electron chi connectivity index (χ1n) is 12.7. The minimum Gasteiger partial charge on any atom is -0.458 e. The van der Waals surface area contributed by atoms with E-state index in [2.05, 4.69) is 119 Å². The summed E-state index contributed by atoms with van der Waals surface area (Å²) in [6, 6.07) is 27.2. The molecule has 0 bridgehead atoms. The van der Waals surface area contributed by atoms with Crippen LogP contribution in [0.1, 0.15) is 52.7 Å². The molecular weight excluding hydrogens is 425 g/mol. The van der Waals surface area contributed by atoms with E-state index in [1.165, 1.54) is 55.0 Å². The Morgan fingerprint density at radius 3 is 2.14 bits per heavy atom. The lowest BCUT2D eigenvalue weighted by atomic mass is 9.46. The van der Waals surface area contributed by atoms with E-state index in [9.17, 15) is 0 Å². The van der Waals surface area contributed by atoms with Crippen molar-refractivity contribution < 1.29 is 4.74 Å². The molecule has 3 heterocycles. The summed E-state index contributed by atoms with van der Waals surface area (Å²) in [5.41, 5.74) is 10.4. The number of benzene rings is 4. The highest BCUT2D eigenvalue weighted by atomic mass is 16.5. The summed E-state index contributed by atoms with van der Waals surface area (Å²) in [4.78, 5) is 0. The zero-order valence-corrected chi connectivity index (χ0v) is 21.4. The third-order valence-electron chi connectivity index (χ3n) is 7.95. The van der Waals surface area contributed by atoms with Crippen molar-refractivity contribution in [3.05, 3.63) is 83.9 Å². The molecule has 0 spiro atoms. The summed E-state index contributed by atoms with van der Waals surface area (Å²) in [6.45, 7) is 13.7. The number of hydrogen-bond donors (Lipinski definition) is 0.